The number of rotatable bonds is 13. The summed E-state index contributed by atoms with van der Waals surface area (Å²) in [4.78, 5) is 26.9. The zero-order chi connectivity index (χ0) is 27.6. The normalized spacial score (nSPS) is 16.2. The van der Waals surface area contributed by atoms with Gasteiger partial charge in [-0.2, -0.15) is 0 Å². The number of hydrogen-bond donors (Lipinski definition) is 3. The highest BCUT2D eigenvalue weighted by molar-refractivity contribution is 6.42. The van der Waals surface area contributed by atoms with Crippen LogP contribution in [0, 0.1) is 0 Å². The zero-order valence-corrected chi connectivity index (χ0v) is 23.9. The molecule has 3 N–H and O–H groups in total. The molecule has 1 aliphatic heterocycles. The standard InChI is InChI=1S/C30H39Cl2N3O4/c31-24-13-12-21(19-25(24)32)14-16-33-17-15-29(38)35(22-7-2-1-3-8-22)18-5-4-11-27(36)23-9-6-10-26-30(23)39-20-28(37)34-26/h6,9-10,12-13,19,22,27,33,36H,1-5,7-8,11,14-18,20H2,(H,34,37)/t27-/m0/s1. The lowest BCUT2D eigenvalue weighted by Gasteiger charge is -2.35. The Labute approximate surface area is 241 Å². The van der Waals surface area contributed by atoms with E-state index in [1.807, 2.05) is 30.3 Å². The molecule has 212 valence electrons. The summed E-state index contributed by atoms with van der Waals surface area (Å²) in [6.07, 6.45) is 8.51. The lowest BCUT2D eigenvalue weighted by Crippen LogP contribution is -2.43. The monoisotopic (exact) mass is 575 g/mol. The molecule has 0 saturated heterocycles. The van der Waals surface area contributed by atoms with Crippen LogP contribution >= 0.6 is 23.2 Å². The number of benzene rings is 2. The summed E-state index contributed by atoms with van der Waals surface area (Å²) < 4.78 is 5.59. The van der Waals surface area contributed by atoms with Crippen LogP contribution in [-0.2, 0) is 16.0 Å². The predicted octanol–water partition coefficient (Wildman–Crippen LogP) is 5.91. The second kappa shape index (κ2) is 14.9. The molecule has 1 atom stereocenters. The van der Waals surface area contributed by atoms with E-state index in [1.54, 1.807) is 6.07 Å². The molecule has 2 aliphatic rings. The van der Waals surface area contributed by atoms with Gasteiger partial charge in [-0.05, 0) is 68.8 Å². The van der Waals surface area contributed by atoms with Crippen LogP contribution in [0.15, 0.2) is 36.4 Å². The second-order valence-corrected chi connectivity index (χ2v) is 11.3. The van der Waals surface area contributed by atoms with Gasteiger partial charge in [0.05, 0.1) is 21.8 Å². The number of aliphatic hydroxyl groups excluding tert-OH is 1. The van der Waals surface area contributed by atoms with Crippen LogP contribution in [0.2, 0.25) is 10.0 Å². The summed E-state index contributed by atoms with van der Waals surface area (Å²) in [6.45, 7) is 2.07. The van der Waals surface area contributed by atoms with Gasteiger partial charge in [-0.3, -0.25) is 9.59 Å². The molecule has 0 aromatic heterocycles. The molecule has 39 heavy (non-hydrogen) atoms. The molecule has 1 aliphatic carbocycles. The van der Waals surface area contributed by atoms with E-state index in [0.717, 1.165) is 44.2 Å². The summed E-state index contributed by atoms with van der Waals surface area (Å²) in [6, 6.07) is 11.4. The molecule has 2 amide bonds. The van der Waals surface area contributed by atoms with Gasteiger partial charge in [0.15, 0.2) is 6.61 Å². The first kappa shape index (κ1) is 29.7. The molecule has 1 heterocycles. The lowest BCUT2D eigenvalue weighted by molar-refractivity contribution is -0.134. The van der Waals surface area contributed by atoms with Crippen molar-refractivity contribution in [3.8, 4) is 5.75 Å². The fourth-order valence-corrected chi connectivity index (χ4v) is 5.79. The van der Waals surface area contributed by atoms with Gasteiger partial charge in [-0.25, -0.2) is 0 Å². The molecular weight excluding hydrogens is 537 g/mol. The highest BCUT2D eigenvalue weighted by Crippen LogP contribution is 2.37. The summed E-state index contributed by atoms with van der Waals surface area (Å²) in [7, 11) is 0. The maximum atomic E-state index is 13.2. The molecular formula is C30H39Cl2N3O4. The molecule has 2 aromatic carbocycles. The summed E-state index contributed by atoms with van der Waals surface area (Å²) >= 11 is 12.1. The van der Waals surface area contributed by atoms with Gasteiger partial charge < -0.3 is 25.4 Å². The Morgan fingerprint density at radius 3 is 2.72 bits per heavy atom. The number of fused-ring (bicyclic) bond motifs is 1. The van der Waals surface area contributed by atoms with Crippen LogP contribution in [0.1, 0.15) is 75.0 Å². The molecule has 1 fully saturated rings. The third-order valence-electron chi connectivity index (χ3n) is 7.58. The van der Waals surface area contributed by atoms with Crippen LogP contribution in [-0.4, -0.2) is 54.1 Å². The Morgan fingerprint density at radius 2 is 1.92 bits per heavy atom. The smallest absolute Gasteiger partial charge is 0.262 e. The molecule has 2 aromatic rings. The van der Waals surface area contributed by atoms with E-state index in [4.69, 9.17) is 27.9 Å². The number of hydrogen-bond acceptors (Lipinski definition) is 5. The number of anilines is 1. The number of nitrogens with one attached hydrogen (secondary N) is 2. The number of ether oxygens (including phenoxy) is 1. The number of unbranched alkanes of at least 4 members (excludes halogenated alkanes) is 1. The quantitative estimate of drug-likeness (QED) is 0.258. The van der Waals surface area contributed by atoms with Crippen molar-refractivity contribution in [2.75, 3.05) is 31.6 Å². The van der Waals surface area contributed by atoms with Crippen LogP contribution < -0.4 is 15.4 Å². The molecule has 7 nitrogen and oxygen atoms in total. The van der Waals surface area contributed by atoms with E-state index in [2.05, 4.69) is 15.5 Å². The average molecular weight is 577 g/mol. The maximum Gasteiger partial charge on any atom is 0.262 e. The Morgan fingerprint density at radius 1 is 1.10 bits per heavy atom. The van der Waals surface area contributed by atoms with Crippen molar-refractivity contribution in [3.05, 3.63) is 57.6 Å². The Balaban J connectivity index is 1.22. The average Bonchev–Trinajstić information content (AvgIpc) is 2.94. The SMILES string of the molecule is O=C1COc2c(cccc2[C@@H](O)CCCCN(C(=O)CCNCCc2ccc(Cl)c(Cl)c2)C2CCCCC2)N1. The summed E-state index contributed by atoms with van der Waals surface area (Å²) in [5.74, 6) is 0.560. The van der Waals surface area contributed by atoms with Crippen LogP contribution in [0.5, 0.6) is 5.75 Å². The van der Waals surface area contributed by atoms with Crippen LogP contribution in [0.3, 0.4) is 0 Å². The van der Waals surface area contributed by atoms with Gasteiger partial charge in [-0.1, -0.05) is 60.7 Å². The first-order chi connectivity index (χ1) is 18.9. The molecule has 1 saturated carbocycles. The maximum absolute atomic E-state index is 13.2. The second-order valence-electron chi connectivity index (χ2n) is 10.4. The van der Waals surface area contributed by atoms with Gasteiger partial charge in [0.2, 0.25) is 5.91 Å². The molecule has 0 spiro atoms. The van der Waals surface area contributed by atoms with Crippen molar-refractivity contribution in [2.24, 2.45) is 0 Å². The van der Waals surface area contributed by atoms with Gasteiger partial charge in [-0.15, -0.1) is 0 Å². The minimum absolute atomic E-state index is 0.0421. The van der Waals surface area contributed by atoms with E-state index in [0.29, 0.717) is 59.0 Å². The zero-order valence-electron chi connectivity index (χ0n) is 22.4. The fourth-order valence-electron chi connectivity index (χ4n) is 5.47. The van der Waals surface area contributed by atoms with Crippen molar-refractivity contribution < 1.29 is 19.4 Å². The number of nitrogens with zero attached hydrogens (tertiary/aromatic N) is 1. The number of aliphatic hydroxyl groups is 1. The minimum Gasteiger partial charge on any atom is -0.481 e. The number of carbonyl (C=O) groups is 2. The largest absolute Gasteiger partial charge is 0.481 e. The molecule has 9 heteroatoms. The number of carbonyl (C=O) groups excluding carboxylic acids is 2. The van der Waals surface area contributed by atoms with Crippen molar-refractivity contribution in [1.29, 1.82) is 0 Å². The van der Waals surface area contributed by atoms with E-state index < -0.39 is 6.10 Å². The highest BCUT2D eigenvalue weighted by Gasteiger charge is 2.26. The molecule has 0 unspecified atom stereocenters. The number of amides is 2. The van der Waals surface area contributed by atoms with E-state index in [-0.39, 0.29) is 18.4 Å². The van der Waals surface area contributed by atoms with Gasteiger partial charge in [0.25, 0.3) is 5.91 Å². The Bertz CT molecular complexity index is 1120. The molecule has 0 radical (unpaired) electrons. The number of para-hydroxylation sites is 1. The van der Waals surface area contributed by atoms with Crippen molar-refractivity contribution in [1.82, 2.24) is 10.2 Å². The van der Waals surface area contributed by atoms with Crippen molar-refractivity contribution >= 4 is 40.7 Å². The van der Waals surface area contributed by atoms with E-state index in [9.17, 15) is 14.7 Å². The van der Waals surface area contributed by atoms with E-state index >= 15 is 0 Å². The predicted molar refractivity (Wildman–Crippen MR) is 156 cm³/mol. The van der Waals surface area contributed by atoms with Crippen LogP contribution in [0.4, 0.5) is 5.69 Å². The lowest BCUT2D eigenvalue weighted by atomic mass is 9.93. The third-order valence-corrected chi connectivity index (χ3v) is 8.32. The Hall–Kier alpha value is -2.32. The van der Waals surface area contributed by atoms with Gasteiger partial charge >= 0.3 is 0 Å². The van der Waals surface area contributed by atoms with Gasteiger partial charge in [0.1, 0.15) is 5.75 Å². The minimum atomic E-state index is -0.687. The van der Waals surface area contributed by atoms with Crippen LogP contribution in [0.25, 0.3) is 0 Å². The molecule has 0 bridgehead atoms. The fraction of sp³-hybridized carbons (Fsp3) is 0.533. The topological polar surface area (TPSA) is 90.9 Å². The first-order valence-corrected chi connectivity index (χ1v) is 14.9. The third kappa shape index (κ3) is 8.58. The van der Waals surface area contributed by atoms with Crippen molar-refractivity contribution in [3.63, 3.8) is 0 Å². The van der Waals surface area contributed by atoms with Crippen molar-refractivity contribution in [2.45, 2.75) is 76.4 Å². The highest BCUT2D eigenvalue weighted by atomic mass is 35.5. The molecule has 4 rings (SSSR count). The Kier molecular flexibility index (Phi) is 11.3. The van der Waals surface area contributed by atoms with E-state index in [1.165, 1.54) is 19.3 Å². The summed E-state index contributed by atoms with van der Waals surface area (Å²) in [5, 5.41) is 18.1. The van der Waals surface area contributed by atoms with Gasteiger partial charge in [0, 0.05) is 31.1 Å². The number of halogens is 2. The first-order valence-electron chi connectivity index (χ1n) is 14.1. The summed E-state index contributed by atoms with van der Waals surface area (Å²) in [5.41, 5.74) is 2.41.